The zero-order valence-electron chi connectivity index (χ0n) is 10.0. The van der Waals surface area contributed by atoms with Crippen LogP contribution in [0.15, 0.2) is 24.4 Å². The number of aromatic nitrogens is 2. The van der Waals surface area contributed by atoms with Gasteiger partial charge in [0.1, 0.15) is 10.8 Å². The zero-order chi connectivity index (χ0) is 14.7. The minimum Gasteiger partial charge on any atom is -0.496 e. The Morgan fingerprint density at radius 1 is 1.35 bits per heavy atom. The molecule has 0 fully saturated rings. The van der Waals surface area contributed by atoms with Gasteiger partial charge >= 0.3 is 5.69 Å². The third-order valence-electron chi connectivity index (χ3n) is 2.25. The Morgan fingerprint density at radius 3 is 2.75 bits per heavy atom. The van der Waals surface area contributed by atoms with E-state index in [1.165, 1.54) is 31.5 Å². The van der Waals surface area contributed by atoms with E-state index in [1.54, 1.807) is 0 Å². The second-order valence-electron chi connectivity index (χ2n) is 3.48. The Labute approximate surface area is 123 Å². The maximum atomic E-state index is 11.0. The Hall–Kier alpha value is -2.12. The highest BCUT2D eigenvalue weighted by molar-refractivity contribution is 6.32. The van der Waals surface area contributed by atoms with E-state index in [-0.39, 0.29) is 27.6 Å². The Kier molecular flexibility index (Phi) is 4.21. The van der Waals surface area contributed by atoms with Crippen LogP contribution in [0.5, 0.6) is 17.4 Å². The summed E-state index contributed by atoms with van der Waals surface area (Å²) >= 11 is 11.5. The molecule has 0 aliphatic heterocycles. The largest absolute Gasteiger partial charge is 0.496 e. The number of hydrogen-bond acceptors (Lipinski definition) is 6. The van der Waals surface area contributed by atoms with Crippen molar-refractivity contribution >= 4 is 28.9 Å². The molecule has 1 aromatic heterocycles. The lowest BCUT2D eigenvalue weighted by Gasteiger charge is -2.08. The first kappa shape index (κ1) is 14.3. The van der Waals surface area contributed by atoms with Crippen molar-refractivity contribution in [3.05, 3.63) is 44.8 Å². The molecule has 7 nitrogen and oxygen atoms in total. The van der Waals surface area contributed by atoms with Crippen LogP contribution in [0.2, 0.25) is 10.3 Å². The normalized spacial score (nSPS) is 10.2. The summed E-state index contributed by atoms with van der Waals surface area (Å²) in [7, 11) is 1.40. The van der Waals surface area contributed by atoms with Crippen molar-refractivity contribution in [2.45, 2.75) is 0 Å². The summed E-state index contributed by atoms with van der Waals surface area (Å²) in [5, 5.41) is 11.0. The smallest absolute Gasteiger partial charge is 0.315 e. The minimum atomic E-state index is -0.603. The quantitative estimate of drug-likeness (QED) is 0.487. The van der Waals surface area contributed by atoms with Crippen molar-refractivity contribution in [1.82, 2.24) is 9.97 Å². The summed E-state index contributed by atoms with van der Waals surface area (Å²) in [6.45, 7) is 0. The SMILES string of the molecule is COc1ccc(Oc2nc(Cl)ncc2Cl)c([N+](=O)[O-])c1. The molecule has 0 spiro atoms. The van der Waals surface area contributed by atoms with Crippen LogP contribution in [0.1, 0.15) is 0 Å². The molecule has 1 heterocycles. The number of nitro benzene ring substituents is 1. The Balaban J connectivity index is 2.42. The van der Waals surface area contributed by atoms with Gasteiger partial charge in [-0.15, -0.1) is 0 Å². The Morgan fingerprint density at radius 2 is 2.10 bits per heavy atom. The van der Waals surface area contributed by atoms with Crippen LogP contribution in [0.4, 0.5) is 5.69 Å². The van der Waals surface area contributed by atoms with Gasteiger partial charge in [-0.05, 0) is 23.7 Å². The summed E-state index contributed by atoms with van der Waals surface area (Å²) < 4.78 is 10.2. The number of ether oxygens (including phenoxy) is 2. The predicted molar refractivity (Wildman–Crippen MR) is 71.8 cm³/mol. The van der Waals surface area contributed by atoms with Gasteiger partial charge in [0.2, 0.25) is 16.9 Å². The lowest BCUT2D eigenvalue weighted by atomic mass is 10.3. The fourth-order valence-corrected chi connectivity index (χ4v) is 1.62. The van der Waals surface area contributed by atoms with Gasteiger partial charge in [-0.2, -0.15) is 4.98 Å². The second kappa shape index (κ2) is 5.89. The van der Waals surface area contributed by atoms with E-state index in [1.807, 2.05) is 0 Å². The monoisotopic (exact) mass is 315 g/mol. The predicted octanol–water partition coefficient (Wildman–Crippen LogP) is 3.49. The van der Waals surface area contributed by atoms with Gasteiger partial charge in [0, 0.05) is 0 Å². The lowest BCUT2D eigenvalue weighted by Crippen LogP contribution is -1.97. The molecule has 104 valence electrons. The van der Waals surface area contributed by atoms with Gasteiger partial charge in [-0.3, -0.25) is 10.1 Å². The number of halogens is 2. The molecule has 2 rings (SSSR count). The molecule has 0 amide bonds. The molecule has 0 bridgehead atoms. The minimum absolute atomic E-state index is 0.0348. The second-order valence-corrected chi connectivity index (χ2v) is 4.23. The number of nitrogens with zero attached hydrogens (tertiary/aromatic N) is 3. The third kappa shape index (κ3) is 3.06. The highest BCUT2D eigenvalue weighted by atomic mass is 35.5. The molecule has 0 saturated carbocycles. The van der Waals surface area contributed by atoms with Crippen molar-refractivity contribution in [3.63, 3.8) is 0 Å². The molecule has 0 aliphatic carbocycles. The molecule has 0 radical (unpaired) electrons. The van der Waals surface area contributed by atoms with Crippen LogP contribution in [0, 0.1) is 10.1 Å². The van der Waals surface area contributed by atoms with E-state index in [2.05, 4.69) is 9.97 Å². The molecule has 20 heavy (non-hydrogen) atoms. The van der Waals surface area contributed by atoms with Gasteiger partial charge < -0.3 is 9.47 Å². The summed E-state index contributed by atoms with van der Waals surface area (Å²) in [4.78, 5) is 17.8. The number of benzene rings is 1. The maximum absolute atomic E-state index is 11.0. The summed E-state index contributed by atoms with van der Waals surface area (Å²) in [6.07, 6.45) is 1.24. The molecule has 1 aromatic carbocycles. The number of hydrogen-bond donors (Lipinski definition) is 0. The van der Waals surface area contributed by atoms with E-state index in [9.17, 15) is 10.1 Å². The molecule has 0 saturated heterocycles. The van der Waals surface area contributed by atoms with E-state index in [4.69, 9.17) is 32.7 Å². The van der Waals surface area contributed by atoms with Crippen molar-refractivity contribution < 1.29 is 14.4 Å². The molecular weight excluding hydrogens is 309 g/mol. The number of nitro groups is 1. The van der Waals surface area contributed by atoms with Crippen LogP contribution < -0.4 is 9.47 Å². The van der Waals surface area contributed by atoms with Crippen molar-refractivity contribution in [3.8, 4) is 17.4 Å². The van der Waals surface area contributed by atoms with Crippen LogP contribution in [0.25, 0.3) is 0 Å². The summed E-state index contributed by atoms with van der Waals surface area (Å²) in [5.74, 6) is 0.225. The number of rotatable bonds is 4. The average molecular weight is 316 g/mol. The first-order valence-corrected chi connectivity index (χ1v) is 5.95. The standard InChI is InChI=1S/C11H7Cl2N3O4/c1-19-6-2-3-9(8(4-6)16(17)18)20-10-7(12)5-14-11(13)15-10/h2-5H,1H3. The average Bonchev–Trinajstić information content (AvgIpc) is 2.43. The fraction of sp³-hybridized carbons (Fsp3) is 0.0909. The van der Waals surface area contributed by atoms with Gasteiger partial charge in [-0.25, -0.2) is 4.98 Å². The maximum Gasteiger partial charge on any atom is 0.315 e. The van der Waals surface area contributed by atoms with Crippen LogP contribution in [-0.2, 0) is 0 Å². The first-order chi connectivity index (χ1) is 9.51. The molecule has 0 atom stereocenters. The molecule has 0 unspecified atom stereocenters. The third-order valence-corrected chi connectivity index (χ3v) is 2.69. The van der Waals surface area contributed by atoms with Crippen molar-refractivity contribution in [2.75, 3.05) is 7.11 Å². The van der Waals surface area contributed by atoms with E-state index in [0.717, 1.165) is 0 Å². The lowest BCUT2D eigenvalue weighted by molar-refractivity contribution is -0.385. The van der Waals surface area contributed by atoms with Gasteiger partial charge in [0.25, 0.3) is 0 Å². The molecule has 0 aliphatic rings. The molecule has 9 heteroatoms. The zero-order valence-corrected chi connectivity index (χ0v) is 11.6. The van der Waals surface area contributed by atoms with Crippen LogP contribution in [-0.4, -0.2) is 22.0 Å². The topological polar surface area (TPSA) is 87.4 Å². The van der Waals surface area contributed by atoms with Crippen molar-refractivity contribution in [1.29, 1.82) is 0 Å². The highest BCUT2D eigenvalue weighted by Gasteiger charge is 2.19. The van der Waals surface area contributed by atoms with Crippen LogP contribution >= 0.6 is 23.2 Å². The van der Waals surface area contributed by atoms with Gasteiger partial charge in [0.05, 0.1) is 24.3 Å². The molecular formula is C11H7Cl2N3O4. The van der Waals surface area contributed by atoms with Gasteiger partial charge in [0.15, 0.2) is 0 Å². The summed E-state index contributed by atoms with van der Waals surface area (Å²) in [5.41, 5.74) is -0.282. The van der Waals surface area contributed by atoms with E-state index >= 15 is 0 Å². The molecule has 0 N–H and O–H groups in total. The van der Waals surface area contributed by atoms with E-state index in [0.29, 0.717) is 5.75 Å². The van der Waals surface area contributed by atoms with E-state index < -0.39 is 4.92 Å². The highest BCUT2D eigenvalue weighted by Crippen LogP contribution is 2.36. The van der Waals surface area contributed by atoms with Gasteiger partial charge in [-0.1, -0.05) is 11.6 Å². The number of methoxy groups -OCH3 is 1. The first-order valence-electron chi connectivity index (χ1n) is 5.19. The fourth-order valence-electron chi connectivity index (χ4n) is 1.36. The summed E-state index contributed by atoms with van der Waals surface area (Å²) in [6, 6.07) is 4.12. The Bertz CT molecular complexity index is 666. The van der Waals surface area contributed by atoms with Crippen LogP contribution in [0.3, 0.4) is 0 Å². The molecule has 2 aromatic rings. The van der Waals surface area contributed by atoms with Crippen molar-refractivity contribution in [2.24, 2.45) is 0 Å².